The Labute approximate surface area is 207 Å². The number of carbonyl (C=O) groups is 2. The number of nitrogens with one attached hydrogen (secondary N) is 3. The second-order valence-corrected chi connectivity index (χ2v) is 12.2. The number of amides is 2. The molecule has 1 aromatic heterocycles. The van der Waals surface area contributed by atoms with Gasteiger partial charge < -0.3 is 20.7 Å². The monoisotopic (exact) mass is 552 g/mol. The van der Waals surface area contributed by atoms with E-state index < -0.39 is 15.9 Å². The molecule has 11 heteroatoms. The van der Waals surface area contributed by atoms with E-state index in [1.54, 1.807) is 13.0 Å². The van der Waals surface area contributed by atoms with Gasteiger partial charge in [0.15, 0.2) is 9.84 Å². The Morgan fingerprint density at radius 2 is 2.06 bits per heavy atom. The third kappa shape index (κ3) is 5.37. The topological polar surface area (TPSA) is 132 Å². The van der Waals surface area contributed by atoms with Crippen molar-refractivity contribution in [2.24, 2.45) is 0 Å². The number of H-pyrrole nitrogens is 1. The molecule has 184 valence electrons. The highest BCUT2D eigenvalue weighted by atomic mass is 79.9. The van der Waals surface area contributed by atoms with Crippen molar-refractivity contribution in [3.63, 3.8) is 0 Å². The minimum absolute atomic E-state index is 0.0410. The standard InChI is InChI=1S/C23H29BrN4O5S/c1-13-20(10-18-17-9-15(24)3-4-19(17)27-22(18)30)26-14(2)21(13)23(31)25-11-16(29)12-28-5-7-34(32,33)8-6-28/h3,9-10,16,19,26,29H,4-8,11-12H2,1-2H3,(H,25,31)(H,27,30)/b18-10-/t16-,19?/m0/s1. The van der Waals surface area contributed by atoms with E-state index in [1.165, 1.54) is 0 Å². The molecule has 2 aliphatic heterocycles. The molecule has 2 atom stereocenters. The van der Waals surface area contributed by atoms with Crippen LogP contribution in [0.3, 0.4) is 0 Å². The molecule has 1 unspecified atom stereocenters. The minimum atomic E-state index is -2.98. The predicted molar refractivity (Wildman–Crippen MR) is 133 cm³/mol. The van der Waals surface area contributed by atoms with Crippen molar-refractivity contribution in [2.75, 3.05) is 37.7 Å². The van der Waals surface area contributed by atoms with Crippen LogP contribution in [0.5, 0.6) is 0 Å². The molecule has 0 saturated carbocycles. The average Bonchev–Trinajstić information content (AvgIpc) is 3.23. The van der Waals surface area contributed by atoms with Crippen molar-refractivity contribution in [1.29, 1.82) is 0 Å². The van der Waals surface area contributed by atoms with Crippen molar-refractivity contribution in [3.05, 3.63) is 50.3 Å². The van der Waals surface area contributed by atoms with Gasteiger partial charge in [-0.1, -0.05) is 22.0 Å². The van der Waals surface area contributed by atoms with Crippen molar-refractivity contribution in [1.82, 2.24) is 20.5 Å². The lowest BCUT2D eigenvalue weighted by molar-refractivity contribution is -0.116. The fraction of sp³-hybridized carbons (Fsp3) is 0.478. The summed E-state index contributed by atoms with van der Waals surface area (Å²) >= 11 is 3.48. The second kappa shape index (κ2) is 9.80. The van der Waals surface area contributed by atoms with E-state index in [9.17, 15) is 23.1 Å². The zero-order valence-electron chi connectivity index (χ0n) is 19.2. The van der Waals surface area contributed by atoms with Gasteiger partial charge in [0.2, 0.25) is 0 Å². The average molecular weight is 553 g/mol. The number of β-amino-alcohol motifs (C(OH)–C–C–N with tert-alkyl or cyclic N) is 1. The lowest BCUT2D eigenvalue weighted by Crippen LogP contribution is -2.46. The van der Waals surface area contributed by atoms with Gasteiger partial charge in [0.05, 0.1) is 29.2 Å². The van der Waals surface area contributed by atoms with Crippen molar-refractivity contribution < 1.29 is 23.1 Å². The summed E-state index contributed by atoms with van der Waals surface area (Å²) in [5, 5.41) is 16.1. The Bertz CT molecular complexity index is 1200. The van der Waals surface area contributed by atoms with Crippen molar-refractivity contribution in [3.8, 4) is 0 Å². The largest absolute Gasteiger partial charge is 0.390 e. The maximum absolute atomic E-state index is 12.9. The highest BCUT2D eigenvalue weighted by Gasteiger charge is 2.33. The molecular weight excluding hydrogens is 524 g/mol. The molecular formula is C23H29BrN4O5S. The number of aliphatic hydroxyl groups excluding tert-OH is 1. The number of fused-ring (bicyclic) bond motifs is 1. The second-order valence-electron chi connectivity index (χ2n) is 8.99. The first-order valence-corrected chi connectivity index (χ1v) is 13.8. The number of carbonyl (C=O) groups excluding carboxylic acids is 2. The lowest BCUT2D eigenvalue weighted by atomic mass is 9.95. The van der Waals surface area contributed by atoms with Crippen LogP contribution in [0.15, 0.2) is 27.8 Å². The van der Waals surface area contributed by atoms with Crippen LogP contribution >= 0.6 is 15.9 Å². The van der Waals surface area contributed by atoms with Crippen LogP contribution in [0.25, 0.3) is 6.08 Å². The summed E-state index contributed by atoms with van der Waals surface area (Å²) in [6.45, 7) is 4.75. The Hall–Kier alpha value is -2.21. The summed E-state index contributed by atoms with van der Waals surface area (Å²) in [4.78, 5) is 30.5. The molecule has 3 aliphatic rings. The molecule has 4 N–H and O–H groups in total. The highest BCUT2D eigenvalue weighted by Crippen LogP contribution is 2.33. The third-order valence-electron chi connectivity index (χ3n) is 6.47. The summed E-state index contributed by atoms with van der Waals surface area (Å²) in [5.41, 5.74) is 4.06. The smallest absolute Gasteiger partial charge is 0.253 e. The maximum atomic E-state index is 12.9. The first-order chi connectivity index (χ1) is 16.0. The number of nitrogens with zero attached hydrogens (tertiary/aromatic N) is 1. The number of aromatic amines is 1. The summed E-state index contributed by atoms with van der Waals surface area (Å²) in [7, 11) is -2.98. The van der Waals surface area contributed by atoms with Gasteiger partial charge in [0, 0.05) is 47.6 Å². The Morgan fingerprint density at radius 1 is 1.35 bits per heavy atom. The number of aromatic nitrogens is 1. The normalized spacial score (nSPS) is 24.3. The molecule has 0 aromatic carbocycles. The summed E-state index contributed by atoms with van der Waals surface area (Å²) in [6, 6.07) is -0.0410. The molecule has 0 radical (unpaired) electrons. The Morgan fingerprint density at radius 3 is 2.76 bits per heavy atom. The van der Waals surface area contributed by atoms with E-state index in [2.05, 4.69) is 31.5 Å². The first-order valence-electron chi connectivity index (χ1n) is 11.2. The molecule has 1 aliphatic carbocycles. The van der Waals surface area contributed by atoms with Crippen LogP contribution in [0, 0.1) is 13.8 Å². The molecule has 34 heavy (non-hydrogen) atoms. The van der Waals surface area contributed by atoms with Gasteiger partial charge >= 0.3 is 0 Å². The van der Waals surface area contributed by atoms with Crippen LogP contribution in [-0.4, -0.2) is 85.1 Å². The fourth-order valence-corrected chi connectivity index (χ4v) is 6.29. The van der Waals surface area contributed by atoms with E-state index in [0.717, 1.165) is 22.0 Å². The Balaban J connectivity index is 1.42. The number of halogens is 1. The van der Waals surface area contributed by atoms with Crippen LogP contribution in [0.4, 0.5) is 0 Å². The SMILES string of the molecule is Cc1[nH]c(/C=C2\C(=O)NC3CC=C(Br)C=C23)c(C)c1C(=O)NC[C@H](O)CN1CCS(=O)(=O)CC1. The molecule has 3 heterocycles. The molecule has 4 rings (SSSR count). The van der Waals surface area contributed by atoms with Gasteiger partial charge in [-0.2, -0.15) is 0 Å². The molecule has 2 fully saturated rings. The Kier molecular flexibility index (Phi) is 7.18. The van der Waals surface area contributed by atoms with E-state index in [0.29, 0.717) is 42.2 Å². The fourth-order valence-electron chi connectivity index (χ4n) is 4.58. The van der Waals surface area contributed by atoms with Crippen LogP contribution < -0.4 is 10.6 Å². The van der Waals surface area contributed by atoms with Crippen LogP contribution in [-0.2, 0) is 14.6 Å². The van der Waals surface area contributed by atoms with Gasteiger partial charge in [-0.25, -0.2) is 8.42 Å². The van der Waals surface area contributed by atoms with Crippen molar-refractivity contribution >= 4 is 43.7 Å². The number of aryl methyl sites for hydroxylation is 1. The molecule has 0 bridgehead atoms. The lowest BCUT2D eigenvalue weighted by Gasteiger charge is -2.28. The third-order valence-corrected chi connectivity index (χ3v) is 8.64. The molecule has 9 nitrogen and oxygen atoms in total. The quantitative estimate of drug-likeness (QED) is 0.388. The highest BCUT2D eigenvalue weighted by molar-refractivity contribution is 9.11. The molecule has 1 aromatic rings. The molecule has 2 amide bonds. The summed E-state index contributed by atoms with van der Waals surface area (Å²) in [6.07, 6.45) is 5.66. The number of sulfone groups is 1. The number of allylic oxidation sites excluding steroid dienone is 2. The number of aliphatic hydroxyl groups is 1. The zero-order valence-corrected chi connectivity index (χ0v) is 21.6. The minimum Gasteiger partial charge on any atom is -0.390 e. The van der Waals surface area contributed by atoms with Crippen LogP contribution in [0.1, 0.15) is 33.7 Å². The molecule has 0 spiro atoms. The van der Waals surface area contributed by atoms with Gasteiger partial charge in [0.1, 0.15) is 0 Å². The van der Waals surface area contributed by atoms with Gasteiger partial charge in [-0.05, 0) is 43.6 Å². The van der Waals surface area contributed by atoms with Gasteiger partial charge in [0.25, 0.3) is 11.8 Å². The maximum Gasteiger partial charge on any atom is 0.253 e. The predicted octanol–water partition coefficient (Wildman–Crippen LogP) is 0.943. The zero-order chi connectivity index (χ0) is 24.6. The summed E-state index contributed by atoms with van der Waals surface area (Å²) < 4.78 is 24.0. The van der Waals surface area contributed by atoms with Crippen LogP contribution in [0.2, 0.25) is 0 Å². The molecule has 2 saturated heterocycles. The first kappa shape index (κ1) is 24.9. The van der Waals surface area contributed by atoms with E-state index in [4.69, 9.17) is 0 Å². The number of hydrogen-bond acceptors (Lipinski definition) is 6. The van der Waals surface area contributed by atoms with E-state index in [-0.39, 0.29) is 35.9 Å². The summed E-state index contributed by atoms with van der Waals surface area (Å²) in [5.74, 6) is -0.269. The number of rotatable bonds is 6. The van der Waals surface area contributed by atoms with Gasteiger partial charge in [-0.15, -0.1) is 0 Å². The number of hydrogen-bond donors (Lipinski definition) is 4. The van der Waals surface area contributed by atoms with Crippen molar-refractivity contribution in [2.45, 2.75) is 32.4 Å². The van der Waals surface area contributed by atoms with E-state index in [1.807, 2.05) is 24.0 Å². The van der Waals surface area contributed by atoms with E-state index >= 15 is 0 Å². The van der Waals surface area contributed by atoms with Gasteiger partial charge in [-0.3, -0.25) is 14.5 Å².